The van der Waals surface area contributed by atoms with E-state index in [1.54, 1.807) is 41.3 Å². The first-order valence-electron chi connectivity index (χ1n) is 10.8. The van der Waals surface area contributed by atoms with Crippen molar-refractivity contribution in [2.45, 2.75) is 37.6 Å². The quantitative estimate of drug-likeness (QED) is 0.677. The molecule has 1 spiro atoms. The van der Waals surface area contributed by atoms with Crippen LogP contribution in [0.5, 0.6) is 5.75 Å². The molecule has 2 aromatic rings. The number of carboxylic acids is 1. The smallest absolute Gasteiger partial charge is 0.341 e. The Labute approximate surface area is 193 Å². The monoisotopic (exact) mass is 467 g/mol. The number of halogens is 1. The van der Waals surface area contributed by atoms with Crippen LogP contribution in [0, 0.1) is 0 Å². The maximum absolute atomic E-state index is 13.6. The molecule has 34 heavy (non-hydrogen) atoms. The third-order valence-electron chi connectivity index (χ3n) is 6.51. The molecule has 176 valence electrons. The fraction of sp³-hybridized carbons (Fsp3) is 0.333. The van der Waals surface area contributed by atoms with Crippen LogP contribution in [0.15, 0.2) is 58.6 Å². The number of hydrogen-bond acceptors (Lipinski definition) is 6. The van der Waals surface area contributed by atoms with Crippen molar-refractivity contribution in [2.24, 2.45) is 5.16 Å². The summed E-state index contributed by atoms with van der Waals surface area (Å²) < 4.78 is 20.7. The van der Waals surface area contributed by atoms with Gasteiger partial charge in [0, 0.05) is 25.2 Å². The van der Waals surface area contributed by atoms with Gasteiger partial charge >= 0.3 is 5.97 Å². The minimum absolute atomic E-state index is 0.0331. The number of aromatic carboxylic acids is 1. The molecule has 2 bridgehead atoms. The average molecular weight is 467 g/mol. The lowest BCUT2D eigenvalue weighted by molar-refractivity contribution is -0.0318. The molecule has 5 rings (SSSR count). The number of oxime groups is 1. The van der Waals surface area contributed by atoms with Gasteiger partial charge in [-0.1, -0.05) is 41.6 Å². The Morgan fingerprint density at radius 2 is 2.09 bits per heavy atom. The lowest BCUT2D eigenvalue weighted by Crippen LogP contribution is -2.52. The van der Waals surface area contributed by atoms with Gasteiger partial charge in [-0.25, -0.2) is 9.18 Å². The van der Waals surface area contributed by atoms with E-state index in [0.29, 0.717) is 0 Å². The molecule has 0 unspecified atom stereocenters. The SMILES string of the molecule is C[C@H]1C=C[C@]2(CC(CF)=NO2)[C@H]2CN1C(=O)c1c(OCc3ccccc3)c(=O)c(C(=O)O)cn12. The van der Waals surface area contributed by atoms with E-state index >= 15 is 0 Å². The maximum atomic E-state index is 13.6. The molecule has 3 aliphatic heterocycles. The third-order valence-corrected chi connectivity index (χ3v) is 6.51. The molecule has 0 saturated carbocycles. The summed E-state index contributed by atoms with van der Waals surface area (Å²) in [6.07, 6.45) is 4.81. The number of hydrogen-bond donors (Lipinski definition) is 1. The molecule has 3 aliphatic rings. The molecule has 9 nitrogen and oxygen atoms in total. The Balaban J connectivity index is 1.69. The average Bonchev–Trinajstić information content (AvgIpc) is 3.21. The van der Waals surface area contributed by atoms with Crippen molar-refractivity contribution >= 4 is 17.6 Å². The van der Waals surface area contributed by atoms with Crippen LogP contribution in [0.2, 0.25) is 0 Å². The van der Waals surface area contributed by atoms with Gasteiger partial charge in [-0.2, -0.15) is 0 Å². The van der Waals surface area contributed by atoms with Crippen molar-refractivity contribution < 1.29 is 28.7 Å². The molecular formula is C24H22FN3O6. The van der Waals surface area contributed by atoms with Crippen LogP contribution in [0.1, 0.15) is 45.8 Å². The zero-order valence-corrected chi connectivity index (χ0v) is 18.3. The van der Waals surface area contributed by atoms with Crippen LogP contribution < -0.4 is 10.2 Å². The molecule has 1 amide bonds. The molecule has 0 fully saturated rings. The molecule has 1 aromatic carbocycles. The number of benzene rings is 1. The second-order valence-electron chi connectivity index (χ2n) is 8.62. The normalized spacial score (nSPS) is 24.9. The number of rotatable bonds is 5. The van der Waals surface area contributed by atoms with Gasteiger partial charge < -0.3 is 24.1 Å². The minimum Gasteiger partial charge on any atom is -0.483 e. The standard InChI is InChI=1S/C24H22FN3O6/c1-14-7-8-24(9-16(10-25)26-34-24)18-12-27(14)22(30)19-21(33-13-15-5-3-2-4-6-15)20(29)17(23(31)32)11-28(18)19/h2-8,11,14,18H,9-10,12-13H2,1H3,(H,31,32)/t14-,18+,24-/m0/s1. The topological polar surface area (TPSA) is 110 Å². The zero-order chi connectivity index (χ0) is 24.0. The number of ether oxygens (including phenoxy) is 1. The van der Waals surface area contributed by atoms with Gasteiger partial charge in [0.2, 0.25) is 5.43 Å². The summed E-state index contributed by atoms with van der Waals surface area (Å²) in [5, 5.41) is 13.6. The highest BCUT2D eigenvalue weighted by Crippen LogP contribution is 2.43. The van der Waals surface area contributed by atoms with E-state index in [4.69, 9.17) is 9.57 Å². The third kappa shape index (κ3) is 3.37. The van der Waals surface area contributed by atoms with Crippen LogP contribution in [0.4, 0.5) is 4.39 Å². The predicted molar refractivity (Wildman–Crippen MR) is 119 cm³/mol. The Morgan fingerprint density at radius 1 is 1.32 bits per heavy atom. The van der Waals surface area contributed by atoms with Gasteiger partial charge in [-0.05, 0) is 18.6 Å². The number of nitrogens with zero attached hydrogens (tertiary/aromatic N) is 3. The lowest BCUT2D eigenvalue weighted by atomic mass is 9.87. The Bertz CT molecular complexity index is 1290. The summed E-state index contributed by atoms with van der Waals surface area (Å²) in [7, 11) is 0. The van der Waals surface area contributed by atoms with E-state index in [9.17, 15) is 23.9 Å². The van der Waals surface area contributed by atoms with Crippen molar-refractivity contribution in [1.29, 1.82) is 0 Å². The Kier molecular flexibility index (Phi) is 5.22. The molecule has 10 heteroatoms. The fourth-order valence-corrected chi connectivity index (χ4v) is 4.70. The summed E-state index contributed by atoms with van der Waals surface area (Å²) in [6, 6.07) is 8.01. The van der Waals surface area contributed by atoms with Gasteiger partial charge in [0.05, 0.1) is 11.8 Å². The van der Waals surface area contributed by atoms with Gasteiger partial charge in [-0.3, -0.25) is 9.59 Å². The molecule has 0 aliphatic carbocycles. The van der Waals surface area contributed by atoms with Gasteiger partial charge in [0.15, 0.2) is 17.0 Å². The van der Waals surface area contributed by atoms with Gasteiger partial charge in [0.25, 0.3) is 5.91 Å². The van der Waals surface area contributed by atoms with Crippen molar-refractivity contribution in [2.75, 3.05) is 13.2 Å². The van der Waals surface area contributed by atoms with Crippen LogP contribution in [0.3, 0.4) is 0 Å². The number of pyridine rings is 1. The van der Waals surface area contributed by atoms with Crippen molar-refractivity contribution in [3.63, 3.8) is 0 Å². The van der Waals surface area contributed by atoms with E-state index in [1.807, 2.05) is 13.0 Å². The van der Waals surface area contributed by atoms with Crippen LogP contribution in [-0.4, -0.2) is 57.0 Å². The van der Waals surface area contributed by atoms with Crippen molar-refractivity contribution in [3.05, 3.63) is 75.7 Å². The van der Waals surface area contributed by atoms with Crippen molar-refractivity contribution in [1.82, 2.24) is 9.47 Å². The van der Waals surface area contributed by atoms with Gasteiger partial charge in [-0.15, -0.1) is 0 Å². The second kappa shape index (κ2) is 8.12. The van der Waals surface area contributed by atoms with E-state index < -0.39 is 41.2 Å². The highest BCUT2D eigenvalue weighted by atomic mass is 19.1. The summed E-state index contributed by atoms with van der Waals surface area (Å²) in [4.78, 5) is 45.9. The molecule has 1 aromatic heterocycles. The van der Waals surface area contributed by atoms with Crippen LogP contribution in [0.25, 0.3) is 0 Å². The molecule has 0 saturated heterocycles. The lowest BCUT2D eigenvalue weighted by Gasteiger charge is -2.42. The number of carboxylic acid groups (broad SMARTS) is 1. The fourth-order valence-electron chi connectivity index (χ4n) is 4.70. The summed E-state index contributed by atoms with van der Waals surface area (Å²) in [6.45, 7) is 1.16. The summed E-state index contributed by atoms with van der Waals surface area (Å²) >= 11 is 0. The number of carbonyl (C=O) groups is 2. The highest BCUT2D eigenvalue weighted by molar-refractivity contribution is 5.98. The largest absolute Gasteiger partial charge is 0.483 e. The van der Waals surface area contributed by atoms with E-state index in [0.717, 1.165) is 11.8 Å². The second-order valence-corrected chi connectivity index (χ2v) is 8.62. The van der Waals surface area contributed by atoms with Crippen LogP contribution >= 0.6 is 0 Å². The summed E-state index contributed by atoms with van der Waals surface area (Å²) in [5.74, 6) is -2.25. The predicted octanol–water partition coefficient (Wildman–Crippen LogP) is 2.57. The zero-order valence-electron chi connectivity index (χ0n) is 18.3. The van der Waals surface area contributed by atoms with E-state index in [-0.39, 0.29) is 42.8 Å². The van der Waals surface area contributed by atoms with Crippen molar-refractivity contribution in [3.8, 4) is 5.75 Å². The minimum atomic E-state index is -1.45. The first kappa shape index (κ1) is 21.9. The first-order chi connectivity index (χ1) is 16.3. The Hall–Kier alpha value is -3.95. The van der Waals surface area contributed by atoms with Crippen LogP contribution in [-0.2, 0) is 11.4 Å². The number of aromatic nitrogens is 1. The molecule has 4 heterocycles. The number of amides is 1. The maximum Gasteiger partial charge on any atom is 0.341 e. The molecule has 0 radical (unpaired) electrons. The number of carbonyl (C=O) groups excluding carboxylic acids is 1. The number of fused-ring (bicyclic) bond motifs is 5. The van der Waals surface area contributed by atoms with E-state index in [2.05, 4.69) is 5.16 Å². The molecular weight excluding hydrogens is 445 g/mol. The Morgan fingerprint density at radius 3 is 2.76 bits per heavy atom. The molecule has 1 N–H and O–H groups in total. The first-order valence-corrected chi connectivity index (χ1v) is 10.8. The van der Waals surface area contributed by atoms with E-state index in [1.165, 1.54) is 4.57 Å². The highest BCUT2D eigenvalue weighted by Gasteiger charge is 2.52. The number of alkyl halides is 1. The molecule has 3 atom stereocenters. The van der Waals surface area contributed by atoms with Gasteiger partial charge in [0.1, 0.15) is 18.8 Å². The summed E-state index contributed by atoms with van der Waals surface area (Å²) in [5.41, 5.74) is -1.66.